The number of benzene rings is 2. The predicted molar refractivity (Wildman–Crippen MR) is 191 cm³/mol. The highest BCUT2D eigenvalue weighted by Crippen LogP contribution is 2.42. The van der Waals surface area contributed by atoms with Crippen LogP contribution in [0.5, 0.6) is 11.8 Å². The Hall–Kier alpha value is -5.02. The van der Waals surface area contributed by atoms with Gasteiger partial charge in [0.15, 0.2) is 5.82 Å². The number of aryl methyl sites for hydroxylation is 1. The third-order valence-electron chi connectivity index (χ3n) is 10.2. The predicted octanol–water partition coefficient (Wildman–Crippen LogP) is 4.16. The summed E-state index contributed by atoms with van der Waals surface area (Å²) in [5.41, 5.74) is 0.0390. The van der Waals surface area contributed by atoms with Gasteiger partial charge in [-0.3, -0.25) is 20.1 Å². The van der Waals surface area contributed by atoms with Gasteiger partial charge in [0, 0.05) is 50.1 Å². The summed E-state index contributed by atoms with van der Waals surface area (Å²) in [5.74, 6) is -1.75. The van der Waals surface area contributed by atoms with E-state index >= 15 is 8.78 Å². The van der Waals surface area contributed by atoms with Crippen LogP contribution in [0, 0.1) is 17.0 Å². The summed E-state index contributed by atoms with van der Waals surface area (Å²) in [6.45, 7) is 3.91. The van der Waals surface area contributed by atoms with Gasteiger partial charge in [-0.25, -0.2) is 13.2 Å². The summed E-state index contributed by atoms with van der Waals surface area (Å²) < 4.78 is 52.9. The normalized spacial score (nSPS) is 21.4. The number of nitrogens with one attached hydrogen (secondary N) is 3. The molecule has 274 valence electrons. The third-order valence-corrected chi connectivity index (χ3v) is 10.2. The second-order valence-electron chi connectivity index (χ2n) is 13.6. The van der Waals surface area contributed by atoms with Gasteiger partial charge >= 0.3 is 6.01 Å². The van der Waals surface area contributed by atoms with E-state index in [1.54, 1.807) is 6.92 Å². The highest BCUT2D eigenvalue weighted by Gasteiger charge is 2.49. The molecule has 0 radical (unpaired) electrons. The van der Waals surface area contributed by atoms with E-state index in [0.717, 1.165) is 19.4 Å². The van der Waals surface area contributed by atoms with E-state index in [2.05, 4.69) is 25.5 Å². The fraction of sp³-hybridized carbons (Fsp3) is 0.432. The van der Waals surface area contributed by atoms with Crippen LogP contribution in [0.15, 0.2) is 42.2 Å². The smallest absolute Gasteiger partial charge is 0.319 e. The number of phenols is 1. The minimum absolute atomic E-state index is 0.0122. The van der Waals surface area contributed by atoms with E-state index in [0.29, 0.717) is 66.7 Å². The van der Waals surface area contributed by atoms with Crippen LogP contribution in [0.2, 0.25) is 0 Å². The third kappa shape index (κ3) is 6.70. The van der Waals surface area contributed by atoms with Gasteiger partial charge in [0.05, 0.1) is 24.1 Å². The number of pyridine rings is 1. The van der Waals surface area contributed by atoms with Crippen LogP contribution >= 0.6 is 0 Å². The molecule has 2 aromatic carbocycles. The number of hydrogen-bond donors (Lipinski definition) is 5. The minimum Gasteiger partial charge on any atom is -0.508 e. The van der Waals surface area contributed by atoms with Gasteiger partial charge in [-0.05, 0) is 72.8 Å². The molecule has 0 bridgehead atoms. The second-order valence-corrected chi connectivity index (χ2v) is 13.6. The van der Waals surface area contributed by atoms with E-state index in [-0.39, 0.29) is 65.9 Å². The summed E-state index contributed by atoms with van der Waals surface area (Å²) >= 11 is 0. The molecule has 3 aliphatic heterocycles. The number of ether oxygens (including phenoxy) is 1. The molecule has 12 nitrogen and oxygen atoms in total. The molecule has 4 aromatic rings. The molecular formula is C37H41F3N8O4. The van der Waals surface area contributed by atoms with Crippen molar-refractivity contribution in [3.8, 4) is 23.0 Å². The Labute approximate surface area is 298 Å². The van der Waals surface area contributed by atoms with Crippen molar-refractivity contribution in [3.63, 3.8) is 0 Å². The molecule has 5 N–H and O–H groups in total. The molecule has 5 heterocycles. The number of rotatable bonds is 10. The summed E-state index contributed by atoms with van der Waals surface area (Å²) in [5, 5.41) is 34.9. The summed E-state index contributed by atoms with van der Waals surface area (Å²) in [4.78, 5) is 30.2. The Morgan fingerprint density at radius 2 is 2.08 bits per heavy atom. The molecule has 3 saturated heterocycles. The lowest BCUT2D eigenvalue weighted by Gasteiger charge is -2.31. The van der Waals surface area contributed by atoms with Gasteiger partial charge in [-0.1, -0.05) is 13.0 Å². The molecule has 0 spiro atoms. The van der Waals surface area contributed by atoms with Crippen LogP contribution < -0.4 is 20.3 Å². The second kappa shape index (κ2) is 14.5. The van der Waals surface area contributed by atoms with Crippen molar-refractivity contribution >= 4 is 39.1 Å². The number of phenolic OH excluding ortho intramolecular Hbond substituents is 1. The average molecular weight is 719 g/mol. The molecular weight excluding hydrogens is 677 g/mol. The van der Waals surface area contributed by atoms with Crippen LogP contribution in [-0.2, 0) is 11.2 Å². The monoisotopic (exact) mass is 718 g/mol. The molecule has 7 rings (SSSR count). The zero-order valence-corrected chi connectivity index (χ0v) is 28.8. The molecule has 3 aliphatic rings. The maximum Gasteiger partial charge on any atom is 0.319 e. The van der Waals surface area contributed by atoms with E-state index < -0.39 is 29.3 Å². The van der Waals surface area contributed by atoms with Crippen molar-refractivity contribution in [1.29, 1.82) is 5.41 Å². The first kappa shape index (κ1) is 35.4. The van der Waals surface area contributed by atoms with Crippen LogP contribution in [0.4, 0.5) is 19.0 Å². The zero-order chi connectivity index (χ0) is 36.6. The summed E-state index contributed by atoms with van der Waals surface area (Å²) in [6, 6.07) is 5.60. The first-order chi connectivity index (χ1) is 25.1. The van der Waals surface area contributed by atoms with Crippen molar-refractivity contribution in [3.05, 3.63) is 59.4 Å². The maximum absolute atomic E-state index is 17.0. The Morgan fingerprint density at radius 1 is 1.23 bits per heavy atom. The average Bonchev–Trinajstić information content (AvgIpc) is 3.55. The molecule has 52 heavy (non-hydrogen) atoms. The number of halogens is 3. The van der Waals surface area contributed by atoms with Crippen molar-refractivity contribution in [2.45, 2.75) is 50.7 Å². The Morgan fingerprint density at radius 3 is 2.88 bits per heavy atom. The first-order valence-corrected chi connectivity index (χ1v) is 17.6. The van der Waals surface area contributed by atoms with E-state index in [1.165, 1.54) is 36.5 Å². The number of alkyl halides is 1. The maximum atomic E-state index is 17.0. The number of hydrogen-bond acceptors (Lipinski definition) is 11. The lowest BCUT2D eigenvalue weighted by atomic mass is 9.94. The topological polar surface area (TPSA) is 160 Å². The highest BCUT2D eigenvalue weighted by molar-refractivity contribution is 6.42. The lowest BCUT2D eigenvalue weighted by molar-refractivity contribution is -0.114. The molecule has 15 heteroatoms. The molecule has 2 atom stereocenters. The Kier molecular flexibility index (Phi) is 9.90. The SMILES string of the molecule is CCc1c(F)ccc2cc(O)cc(-c3ncc4c(N5CCCN/C(=C\C(=N)C(=O)NCCO)C5)nc(OC[C@@]56CCCN5C[C@H](F)C6)nc4c3F)c12. The number of amides is 1. The first-order valence-electron chi connectivity index (χ1n) is 17.6. The quantitative estimate of drug-likeness (QED) is 0.151. The van der Waals surface area contributed by atoms with Gasteiger partial charge in [-0.2, -0.15) is 9.97 Å². The van der Waals surface area contributed by atoms with Gasteiger partial charge in [0.25, 0.3) is 5.91 Å². The number of aliphatic hydroxyl groups excluding tert-OH is 1. The van der Waals surface area contributed by atoms with Crippen molar-refractivity contribution in [2.24, 2.45) is 0 Å². The number of aromatic nitrogens is 3. The van der Waals surface area contributed by atoms with E-state index in [4.69, 9.17) is 20.2 Å². The number of carbonyl (C=O) groups is 1. The number of fused-ring (bicyclic) bond motifs is 3. The standard InChI is InChI=1S/C37H41F3N8O4/c1-2-25-28(39)6-5-21-13-24(50)15-26(30(21)25)32-31(40)33-27(17-44-32)34(46-36(45-33)52-20-37-7-3-11-48(37)18-22(38)16-37)47-10-4-8-42-23(19-47)14-29(41)35(51)43-9-12-49/h5-6,13-15,17,22,41-42,49-50H,2-4,7-12,16,18-20H2,1H3,(H,43,51)/b23-14-,41-29?/t22-,37+/m1/s1. The summed E-state index contributed by atoms with van der Waals surface area (Å²) in [6.07, 6.45) is 4.80. The fourth-order valence-electron chi connectivity index (χ4n) is 7.84. The molecule has 0 unspecified atom stereocenters. The molecule has 3 fully saturated rings. The van der Waals surface area contributed by atoms with Gasteiger partial charge in [0.2, 0.25) is 0 Å². The van der Waals surface area contributed by atoms with Crippen LogP contribution in [0.1, 0.15) is 38.2 Å². The van der Waals surface area contributed by atoms with Gasteiger partial charge in [0.1, 0.15) is 47.1 Å². The number of carbonyl (C=O) groups excluding carboxylic acids is 1. The van der Waals surface area contributed by atoms with Crippen molar-refractivity contribution in [1.82, 2.24) is 30.5 Å². The van der Waals surface area contributed by atoms with Crippen LogP contribution in [-0.4, -0.2) is 106 Å². The van der Waals surface area contributed by atoms with Gasteiger partial charge < -0.3 is 30.5 Å². The number of aliphatic hydroxyl groups is 1. The Bertz CT molecular complexity index is 2080. The van der Waals surface area contributed by atoms with E-state index in [1.807, 2.05) is 4.90 Å². The lowest BCUT2D eigenvalue weighted by Crippen LogP contribution is -2.43. The highest BCUT2D eigenvalue weighted by atomic mass is 19.1. The molecule has 1 amide bonds. The van der Waals surface area contributed by atoms with Crippen LogP contribution in [0.25, 0.3) is 32.9 Å². The van der Waals surface area contributed by atoms with Crippen molar-refractivity contribution < 1.29 is 32.9 Å². The van der Waals surface area contributed by atoms with Gasteiger partial charge in [-0.15, -0.1) is 0 Å². The number of anilines is 1. The number of aromatic hydroxyl groups is 1. The number of nitrogens with zero attached hydrogens (tertiary/aromatic N) is 5. The largest absolute Gasteiger partial charge is 0.508 e. The fourth-order valence-corrected chi connectivity index (χ4v) is 7.84. The zero-order valence-electron chi connectivity index (χ0n) is 28.8. The molecule has 0 saturated carbocycles. The van der Waals surface area contributed by atoms with E-state index in [9.17, 15) is 14.3 Å². The van der Waals surface area contributed by atoms with Crippen LogP contribution in [0.3, 0.4) is 0 Å². The van der Waals surface area contributed by atoms with Crippen molar-refractivity contribution in [2.75, 3.05) is 57.4 Å². The molecule has 0 aliphatic carbocycles. The molecule has 2 aromatic heterocycles. The minimum atomic E-state index is -0.975. The summed E-state index contributed by atoms with van der Waals surface area (Å²) in [7, 11) is 0. The Balaban J connectivity index is 1.34.